The molecule has 162 valence electrons. The molecule has 0 saturated carbocycles. The largest absolute Gasteiger partial charge is 0.457 e. The van der Waals surface area contributed by atoms with Crippen LogP contribution in [0.2, 0.25) is 5.02 Å². The van der Waals surface area contributed by atoms with E-state index in [0.717, 1.165) is 22.4 Å². The van der Waals surface area contributed by atoms with Gasteiger partial charge in [-0.1, -0.05) is 41.9 Å². The molecule has 0 fully saturated rings. The Labute approximate surface area is 184 Å². The SMILES string of the molecule is CC[N+](CC)(CC(=O)OCc1ccccc1)C(C)C(=O)Nc1c(C)cc(Cl)cc1C. The van der Waals surface area contributed by atoms with Crippen LogP contribution in [0, 0.1) is 13.8 Å². The van der Waals surface area contributed by atoms with Crippen molar-refractivity contribution >= 4 is 29.2 Å². The minimum atomic E-state index is -0.418. The molecule has 2 aromatic carbocycles. The van der Waals surface area contributed by atoms with Crippen molar-refractivity contribution in [3.05, 3.63) is 64.2 Å². The van der Waals surface area contributed by atoms with Gasteiger partial charge in [0.05, 0.1) is 13.1 Å². The number of nitrogens with one attached hydrogen (secondary N) is 1. The fourth-order valence-corrected chi connectivity index (χ4v) is 4.08. The number of anilines is 1. The number of halogens is 1. The number of aryl methyl sites for hydroxylation is 2. The van der Waals surface area contributed by atoms with Crippen molar-refractivity contribution in [1.29, 1.82) is 0 Å². The van der Waals surface area contributed by atoms with Crippen LogP contribution in [0.4, 0.5) is 5.69 Å². The Kier molecular flexibility index (Phi) is 8.44. The molecule has 2 rings (SSSR count). The summed E-state index contributed by atoms with van der Waals surface area (Å²) in [5, 5.41) is 3.69. The van der Waals surface area contributed by atoms with Crippen molar-refractivity contribution in [2.24, 2.45) is 0 Å². The Morgan fingerprint density at radius 1 is 1.07 bits per heavy atom. The second kappa shape index (κ2) is 10.6. The molecule has 1 amide bonds. The van der Waals surface area contributed by atoms with Gasteiger partial charge >= 0.3 is 5.97 Å². The Balaban J connectivity index is 2.10. The third-order valence-electron chi connectivity index (χ3n) is 5.89. The monoisotopic (exact) mass is 431 g/mol. The molecule has 0 bridgehead atoms. The molecule has 0 aliphatic carbocycles. The van der Waals surface area contributed by atoms with Crippen LogP contribution in [0.25, 0.3) is 0 Å². The van der Waals surface area contributed by atoms with Crippen LogP contribution in [0.3, 0.4) is 0 Å². The number of nitrogens with zero attached hydrogens (tertiary/aromatic N) is 1. The Morgan fingerprint density at radius 3 is 2.17 bits per heavy atom. The molecule has 0 heterocycles. The van der Waals surface area contributed by atoms with Gasteiger partial charge in [0, 0.05) is 10.7 Å². The number of quaternary nitrogens is 1. The third kappa shape index (κ3) is 5.83. The van der Waals surface area contributed by atoms with Crippen molar-refractivity contribution < 1.29 is 18.8 Å². The minimum Gasteiger partial charge on any atom is -0.457 e. The van der Waals surface area contributed by atoms with Crippen LogP contribution in [0.15, 0.2) is 42.5 Å². The molecule has 0 aliphatic rings. The average Bonchev–Trinajstić information content (AvgIpc) is 2.73. The number of carbonyl (C=O) groups excluding carboxylic acids is 2. The van der Waals surface area contributed by atoms with Gasteiger partial charge in [0.25, 0.3) is 5.91 Å². The summed E-state index contributed by atoms with van der Waals surface area (Å²) in [5.74, 6) is -0.427. The van der Waals surface area contributed by atoms with Crippen molar-refractivity contribution in [3.63, 3.8) is 0 Å². The summed E-state index contributed by atoms with van der Waals surface area (Å²) in [4.78, 5) is 25.7. The first-order chi connectivity index (χ1) is 14.2. The maximum Gasteiger partial charge on any atom is 0.362 e. The predicted molar refractivity (Wildman–Crippen MR) is 121 cm³/mol. The molecule has 0 saturated heterocycles. The number of likely N-dealkylation sites (N-methyl/N-ethyl adjacent to an activating group) is 1. The lowest BCUT2D eigenvalue weighted by molar-refractivity contribution is -0.931. The average molecular weight is 432 g/mol. The van der Waals surface area contributed by atoms with Crippen molar-refractivity contribution in [2.75, 3.05) is 25.0 Å². The molecule has 0 spiro atoms. The molecular weight excluding hydrogens is 400 g/mol. The van der Waals surface area contributed by atoms with E-state index in [1.54, 1.807) is 0 Å². The summed E-state index contributed by atoms with van der Waals surface area (Å²) < 4.78 is 5.81. The van der Waals surface area contributed by atoms with Crippen LogP contribution in [-0.2, 0) is 20.9 Å². The van der Waals surface area contributed by atoms with Crippen LogP contribution < -0.4 is 5.32 Å². The van der Waals surface area contributed by atoms with E-state index in [-0.39, 0.29) is 25.0 Å². The summed E-state index contributed by atoms with van der Waals surface area (Å²) in [6.07, 6.45) is 0. The topological polar surface area (TPSA) is 55.4 Å². The molecule has 1 unspecified atom stereocenters. The van der Waals surface area contributed by atoms with E-state index in [1.807, 2.05) is 77.1 Å². The standard InChI is InChI=1S/C24H31ClN2O3/c1-6-27(7-2,15-22(28)30-16-20-11-9-8-10-12-20)19(5)24(29)26-23-17(3)13-21(25)14-18(23)4/h8-14,19H,6-7,15-16H2,1-5H3/p+1. The molecule has 0 aliphatic heterocycles. The van der Waals surface area contributed by atoms with Crippen LogP contribution >= 0.6 is 11.6 Å². The maximum atomic E-state index is 13.1. The first kappa shape index (κ1) is 23.9. The van der Waals surface area contributed by atoms with Crippen molar-refractivity contribution in [2.45, 2.75) is 47.3 Å². The summed E-state index contributed by atoms with van der Waals surface area (Å²) in [6, 6.07) is 12.8. The highest BCUT2D eigenvalue weighted by molar-refractivity contribution is 6.30. The van der Waals surface area contributed by atoms with Gasteiger partial charge in [-0.25, -0.2) is 4.79 Å². The zero-order chi connectivity index (χ0) is 22.3. The van der Waals surface area contributed by atoms with E-state index >= 15 is 0 Å². The smallest absolute Gasteiger partial charge is 0.362 e. The molecule has 5 nitrogen and oxygen atoms in total. The number of amides is 1. The lowest BCUT2D eigenvalue weighted by Gasteiger charge is -2.40. The fraction of sp³-hybridized carbons (Fsp3) is 0.417. The van der Waals surface area contributed by atoms with Crippen LogP contribution in [0.1, 0.15) is 37.5 Å². The molecule has 1 atom stereocenters. The second-order valence-electron chi connectivity index (χ2n) is 7.74. The minimum absolute atomic E-state index is 0.122. The highest BCUT2D eigenvalue weighted by Crippen LogP contribution is 2.26. The summed E-state index contributed by atoms with van der Waals surface area (Å²) in [5.41, 5.74) is 3.53. The Morgan fingerprint density at radius 2 is 1.63 bits per heavy atom. The van der Waals surface area contributed by atoms with Gasteiger partial charge in [0.1, 0.15) is 6.61 Å². The number of benzene rings is 2. The maximum absolute atomic E-state index is 13.1. The zero-order valence-corrected chi connectivity index (χ0v) is 19.3. The number of rotatable bonds is 9. The van der Waals surface area contributed by atoms with E-state index in [1.165, 1.54) is 0 Å². The third-order valence-corrected chi connectivity index (χ3v) is 6.11. The fourth-order valence-electron chi connectivity index (χ4n) is 3.76. The number of ether oxygens (including phenoxy) is 1. The number of esters is 1. The number of hydrogen-bond donors (Lipinski definition) is 1. The van der Waals surface area contributed by atoms with Gasteiger partial charge in [-0.3, -0.25) is 4.79 Å². The first-order valence-electron chi connectivity index (χ1n) is 10.3. The molecular formula is C24H32ClN2O3+. The number of hydrogen-bond acceptors (Lipinski definition) is 3. The lowest BCUT2D eigenvalue weighted by Crippen LogP contribution is -2.60. The van der Waals surface area contributed by atoms with Crippen LogP contribution in [0.5, 0.6) is 0 Å². The van der Waals surface area contributed by atoms with Gasteiger partial charge in [0.15, 0.2) is 12.6 Å². The van der Waals surface area contributed by atoms with Gasteiger partial charge in [-0.05, 0) is 63.4 Å². The lowest BCUT2D eigenvalue weighted by atomic mass is 10.1. The van der Waals surface area contributed by atoms with Crippen molar-refractivity contribution in [3.8, 4) is 0 Å². The summed E-state index contributed by atoms with van der Waals surface area (Å²) in [6.45, 7) is 11.4. The highest BCUT2D eigenvalue weighted by Gasteiger charge is 2.38. The quantitative estimate of drug-likeness (QED) is 0.454. The van der Waals surface area contributed by atoms with Gasteiger partial charge in [-0.2, -0.15) is 0 Å². The van der Waals surface area contributed by atoms with E-state index in [4.69, 9.17) is 16.3 Å². The van der Waals surface area contributed by atoms with E-state index < -0.39 is 6.04 Å². The second-order valence-corrected chi connectivity index (χ2v) is 8.17. The Bertz CT molecular complexity index is 856. The van der Waals surface area contributed by atoms with E-state index in [2.05, 4.69) is 5.32 Å². The van der Waals surface area contributed by atoms with Gasteiger partial charge in [-0.15, -0.1) is 0 Å². The molecule has 2 aromatic rings. The van der Waals surface area contributed by atoms with Crippen LogP contribution in [-0.4, -0.2) is 42.0 Å². The molecule has 0 radical (unpaired) electrons. The summed E-state index contributed by atoms with van der Waals surface area (Å²) >= 11 is 6.10. The molecule has 0 aromatic heterocycles. The molecule has 6 heteroatoms. The molecule has 1 N–H and O–H groups in total. The Hall–Kier alpha value is -2.37. The highest BCUT2D eigenvalue weighted by atomic mass is 35.5. The zero-order valence-electron chi connectivity index (χ0n) is 18.5. The predicted octanol–water partition coefficient (Wildman–Crippen LogP) is 4.88. The molecule has 30 heavy (non-hydrogen) atoms. The van der Waals surface area contributed by atoms with E-state index in [9.17, 15) is 9.59 Å². The number of carbonyl (C=O) groups is 2. The van der Waals surface area contributed by atoms with Crippen molar-refractivity contribution in [1.82, 2.24) is 0 Å². The normalized spacial score (nSPS) is 12.3. The summed E-state index contributed by atoms with van der Waals surface area (Å²) in [7, 11) is 0. The van der Waals surface area contributed by atoms with Gasteiger partial charge < -0.3 is 14.5 Å². The first-order valence-corrected chi connectivity index (χ1v) is 10.7. The van der Waals surface area contributed by atoms with Gasteiger partial charge in [0.2, 0.25) is 0 Å². The van der Waals surface area contributed by atoms with E-state index in [0.29, 0.717) is 22.6 Å².